The molecule has 14 heavy (non-hydrogen) atoms. The molecule has 70 valence electrons. The molecule has 0 aliphatic carbocycles. The van der Waals surface area contributed by atoms with Crippen molar-refractivity contribution in [1.29, 1.82) is 0 Å². The lowest BCUT2D eigenvalue weighted by Crippen LogP contribution is -2.07. The SMILES string of the molecule is CC(=O)Nc1ccc2ncccc2n1. The van der Waals surface area contributed by atoms with Crippen molar-refractivity contribution in [2.45, 2.75) is 6.92 Å². The maximum absolute atomic E-state index is 10.8. The van der Waals surface area contributed by atoms with E-state index in [1.165, 1.54) is 6.92 Å². The first-order valence-corrected chi connectivity index (χ1v) is 4.25. The number of carbonyl (C=O) groups is 1. The smallest absolute Gasteiger partial charge is 0.222 e. The Morgan fingerprint density at radius 3 is 2.93 bits per heavy atom. The summed E-state index contributed by atoms with van der Waals surface area (Å²) in [5.41, 5.74) is 1.60. The summed E-state index contributed by atoms with van der Waals surface area (Å²) in [4.78, 5) is 19.1. The summed E-state index contributed by atoms with van der Waals surface area (Å²) in [6.45, 7) is 1.45. The molecule has 0 aliphatic rings. The highest BCUT2D eigenvalue weighted by molar-refractivity contribution is 5.89. The van der Waals surface area contributed by atoms with Crippen molar-refractivity contribution in [1.82, 2.24) is 9.97 Å². The van der Waals surface area contributed by atoms with Gasteiger partial charge >= 0.3 is 0 Å². The van der Waals surface area contributed by atoms with E-state index in [1.54, 1.807) is 12.3 Å². The maximum Gasteiger partial charge on any atom is 0.222 e. The van der Waals surface area contributed by atoms with Crippen molar-refractivity contribution in [2.75, 3.05) is 5.32 Å². The molecule has 0 atom stereocenters. The molecule has 0 aliphatic heterocycles. The summed E-state index contributed by atoms with van der Waals surface area (Å²) in [5.74, 6) is 0.429. The minimum atomic E-state index is -0.124. The zero-order chi connectivity index (χ0) is 9.97. The number of amides is 1. The largest absolute Gasteiger partial charge is 0.311 e. The Hall–Kier alpha value is -1.97. The van der Waals surface area contributed by atoms with Crippen LogP contribution in [0.5, 0.6) is 0 Å². The van der Waals surface area contributed by atoms with Crippen LogP contribution in [-0.2, 0) is 4.79 Å². The summed E-state index contributed by atoms with van der Waals surface area (Å²) < 4.78 is 0. The number of pyridine rings is 2. The van der Waals surface area contributed by atoms with Crippen LogP contribution >= 0.6 is 0 Å². The zero-order valence-electron chi connectivity index (χ0n) is 7.69. The third-order valence-corrected chi connectivity index (χ3v) is 1.76. The molecule has 0 spiro atoms. The Kier molecular flexibility index (Phi) is 2.10. The lowest BCUT2D eigenvalue weighted by atomic mass is 10.3. The van der Waals surface area contributed by atoms with Crippen LogP contribution in [0.15, 0.2) is 30.5 Å². The lowest BCUT2D eigenvalue weighted by molar-refractivity contribution is -0.114. The number of hydrogen-bond acceptors (Lipinski definition) is 3. The molecule has 0 unspecified atom stereocenters. The van der Waals surface area contributed by atoms with E-state index < -0.39 is 0 Å². The van der Waals surface area contributed by atoms with Crippen LogP contribution < -0.4 is 5.32 Å². The van der Waals surface area contributed by atoms with Gasteiger partial charge in [0.25, 0.3) is 0 Å². The number of hydrogen-bond donors (Lipinski definition) is 1. The molecule has 2 aromatic heterocycles. The van der Waals surface area contributed by atoms with Crippen LogP contribution in [0.1, 0.15) is 6.92 Å². The third kappa shape index (κ3) is 1.69. The second-order valence-electron chi connectivity index (χ2n) is 2.92. The van der Waals surface area contributed by atoms with Gasteiger partial charge in [-0.1, -0.05) is 0 Å². The predicted molar refractivity (Wildman–Crippen MR) is 53.8 cm³/mol. The fraction of sp³-hybridized carbons (Fsp3) is 0.100. The van der Waals surface area contributed by atoms with Crippen molar-refractivity contribution >= 4 is 22.8 Å². The molecule has 4 nitrogen and oxygen atoms in total. The van der Waals surface area contributed by atoms with Gasteiger partial charge in [-0.05, 0) is 24.3 Å². The van der Waals surface area contributed by atoms with Gasteiger partial charge in [-0.15, -0.1) is 0 Å². The molecule has 0 radical (unpaired) electrons. The van der Waals surface area contributed by atoms with Gasteiger partial charge in [0.05, 0.1) is 11.0 Å². The van der Waals surface area contributed by atoms with E-state index >= 15 is 0 Å². The topological polar surface area (TPSA) is 54.9 Å². The van der Waals surface area contributed by atoms with Crippen LogP contribution in [0.25, 0.3) is 11.0 Å². The number of nitrogens with one attached hydrogen (secondary N) is 1. The first-order valence-electron chi connectivity index (χ1n) is 4.25. The van der Waals surface area contributed by atoms with Crippen molar-refractivity contribution < 1.29 is 4.79 Å². The number of anilines is 1. The van der Waals surface area contributed by atoms with Gasteiger partial charge in [-0.25, -0.2) is 4.98 Å². The quantitative estimate of drug-likeness (QED) is 0.737. The molecule has 0 aromatic carbocycles. The fourth-order valence-electron chi connectivity index (χ4n) is 1.21. The number of carbonyl (C=O) groups excluding carboxylic acids is 1. The Morgan fingerprint density at radius 1 is 1.29 bits per heavy atom. The fourth-order valence-corrected chi connectivity index (χ4v) is 1.21. The van der Waals surface area contributed by atoms with E-state index in [9.17, 15) is 4.79 Å². The molecule has 0 fully saturated rings. The number of rotatable bonds is 1. The minimum Gasteiger partial charge on any atom is -0.311 e. The van der Waals surface area contributed by atoms with Crippen molar-refractivity contribution in [3.63, 3.8) is 0 Å². The molecule has 1 N–H and O–H groups in total. The van der Waals surface area contributed by atoms with E-state index in [-0.39, 0.29) is 5.91 Å². The van der Waals surface area contributed by atoms with Gasteiger partial charge in [0.1, 0.15) is 5.82 Å². The van der Waals surface area contributed by atoms with Gasteiger partial charge in [0, 0.05) is 13.1 Å². The van der Waals surface area contributed by atoms with Gasteiger partial charge in [-0.2, -0.15) is 0 Å². The molecular formula is C10H9N3O. The van der Waals surface area contributed by atoms with Gasteiger partial charge < -0.3 is 5.32 Å². The van der Waals surface area contributed by atoms with Crippen molar-refractivity contribution in [2.24, 2.45) is 0 Å². The molecule has 2 heterocycles. The standard InChI is InChI=1S/C10H9N3O/c1-7(14)12-10-5-4-8-9(13-10)3-2-6-11-8/h2-6H,1H3,(H,12,13,14). The highest BCUT2D eigenvalue weighted by Crippen LogP contribution is 2.11. The summed E-state index contributed by atoms with van der Waals surface area (Å²) in [6, 6.07) is 7.23. The monoisotopic (exact) mass is 187 g/mol. The second kappa shape index (κ2) is 3.41. The molecular weight excluding hydrogens is 178 g/mol. The summed E-state index contributed by atoms with van der Waals surface area (Å²) >= 11 is 0. The van der Waals surface area contributed by atoms with Crippen LogP contribution in [0.2, 0.25) is 0 Å². The Labute approximate surface area is 81.0 Å². The molecule has 0 saturated carbocycles. The van der Waals surface area contributed by atoms with Crippen molar-refractivity contribution in [3.05, 3.63) is 30.5 Å². The predicted octanol–water partition coefficient (Wildman–Crippen LogP) is 1.59. The van der Waals surface area contributed by atoms with Gasteiger partial charge in [0.15, 0.2) is 0 Å². The van der Waals surface area contributed by atoms with Crippen LogP contribution in [-0.4, -0.2) is 15.9 Å². The summed E-state index contributed by atoms with van der Waals surface area (Å²) in [5, 5.41) is 2.62. The van der Waals surface area contributed by atoms with E-state index in [0.29, 0.717) is 5.82 Å². The molecule has 2 rings (SSSR count). The zero-order valence-corrected chi connectivity index (χ0v) is 7.69. The molecule has 1 amide bonds. The average molecular weight is 187 g/mol. The van der Waals surface area contributed by atoms with Crippen LogP contribution in [0, 0.1) is 0 Å². The first kappa shape index (κ1) is 8.62. The van der Waals surface area contributed by atoms with Crippen molar-refractivity contribution in [3.8, 4) is 0 Å². The average Bonchev–Trinajstić information content (AvgIpc) is 2.17. The number of aromatic nitrogens is 2. The van der Waals surface area contributed by atoms with Crippen LogP contribution in [0.4, 0.5) is 5.82 Å². The highest BCUT2D eigenvalue weighted by atomic mass is 16.1. The Bertz CT molecular complexity index is 482. The minimum absolute atomic E-state index is 0.124. The summed E-state index contributed by atoms with van der Waals surface area (Å²) in [7, 11) is 0. The van der Waals surface area contributed by atoms with E-state index in [0.717, 1.165) is 11.0 Å². The summed E-state index contributed by atoms with van der Waals surface area (Å²) in [6.07, 6.45) is 1.71. The van der Waals surface area contributed by atoms with Gasteiger partial charge in [-0.3, -0.25) is 9.78 Å². The van der Waals surface area contributed by atoms with E-state index in [2.05, 4.69) is 15.3 Å². The third-order valence-electron chi connectivity index (χ3n) is 1.76. The molecule has 2 aromatic rings. The molecule has 4 heteroatoms. The maximum atomic E-state index is 10.8. The van der Waals surface area contributed by atoms with Crippen LogP contribution in [0.3, 0.4) is 0 Å². The lowest BCUT2D eigenvalue weighted by Gasteiger charge is -2.01. The highest BCUT2D eigenvalue weighted by Gasteiger charge is 1.99. The van der Waals surface area contributed by atoms with Gasteiger partial charge in [0.2, 0.25) is 5.91 Å². The second-order valence-corrected chi connectivity index (χ2v) is 2.92. The van der Waals surface area contributed by atoms with E-state index in [1.807, 2.05) is 18.2 Å². The van der Waals surface area contributed by atoms with E-state index in [4.69, 9.17) is 0 Å². The number of nitrogens with zero attached hydrogens (tertiary/aromatic N) is 2. The molecule has 0 bridgehead atoms. The Morgan fingerprint density at radius 2 is 2.14 bits per heavy atom. The Balaban J connectivity index is 2.46. The number of fused-ring (bicyclic) bond motifs is 1. The first-order chi connectivity index (χ1) is 6.75. The molecule has 0 saturated heterocycles. The normalized spacial score (nSPS) is 10.1.